The zero-order chi connectivity index (χ0) is 8.27. The fraction of sp³-hybridized carbons (Fsp3) is 0.286. The maximum atomic E-state index is 12.5. The summed E-state index contributed by atoms with van der Waals surface area (Å²) in [6.45, 7) is 0.596. The zero-order valence-corrected chi connectivity index (χ0v) is 6.82. The number of halogens is 2. The lowest BCUT2D eigenvalue weighted by atomic mass is 10.3. The van der Waals surface area contributed by atoms with Gasteiger partial charge in [-0.15, -0.1) is 0 Å². The van der Waals surface area contributed by atoms with Crippen molar-refractivity contribution in [3.8, 4) is 0 Å². The molecule has 2 nitrogen and oxygen atoms in total. The van der Waals surface area contributed by atoms with Gasteiger partial charge in [0, 0.05) is 6.54 Å². The topological polar surface area (TPSA) is 24.9 Å². The van der Waals surface area contributed by atoms with Crippen LogP contribution in [0.2, 0.25) is 5.15 Å². The second kappa shape index (κ2) is 3.64. The van der Waals surface area contributed by atoms with Crippen molar-refractivity contribution in [2.24, 2.45) is 0 Å². The monoisotopic (exact) mass is 174 g/mol. The number of hydrogen-bond donors (Lipinski definition) is 1. The molecule has 0 fully saturated rings. The first-order chi connectivity index (χ1) is 5.22. The van der Waals surface area contributed by atoms with Gasteiger partial charge >= 0.3 is 0 Å². The van der Waals surface area contributed by atoms with Crippen LogP contribution in [0.4, 0.5) is 4.39 Å². The van der Waals surface area contributed by atoms with E-state index in [-0.39, 0.29) is 5.15 Å². The lowest BCUT2D eigenvalue weighted by molar-refractivity contribution is 0.580. The summed E-state index contributed by atoms with van der Waals surface area (Å²) in [5, 5.41) is 3.08. The van der Waals surface area contributed by atoms with Crippen LogP contribution in [-0.2, 0) is 6.54 Å². The van der Waals surface area contributed by atoms with Crippen molar-refractivity contribution in [2.45, 2.75) is 6.54 Å². The van der Waals surface area contributed by atoms with E-state index in [4.69, 9.17) is 11.6 Å². The third-order valence-corrected chi connectivity index (χ3v) is 1.40. The Morgan fingerprint density at radius 2 is 2.36 bits per heavy atom. The first-order valence-electron chi connectivity index (χ1n) is 3.19. The molecule has 1 aromatic rings. The second-order valence-corrected chi connectivity index (χ2v) is 2.54. The summed E-state index contributed by atoms with van der Waals surface area (Å²) in [6, 6.07) is 2.98. The van der Waals surface area contributed by atoms with Crippen LogP contribution in [0.5, 0.6) is 0 Å². The highest BCUT2D eigenvalue weighted by molar-refractivity contribution is 6.29. The van der Waals surface area contributed by atoms with Crippen LogP contribution in [0.3, 0.4) is 0 Å². The van der Waals surface area contributed by atoms with Crippen molar-refractivity contribution in [1.29, 1.82) is 0 Å². The summed E-state index contributed by atoms with van der Waals surface area (Å²) < 4.78 is 12.5. The van der Waals surface area contributed by atoms with E-state index in [1.165, 1.54) is 6.07 Å². The van der Waals surface area contributed by atoms with E-state index in [1.807, 2.05) is 0 Å². The average Bonchev–Trinajstić information content (AvgIpc) is 1.85. The quantitative estimate of drug-likeness (QED) is 0.689. The number of hydrogen-bond acceptors (Lipinski definition) is 2. The normalized spacial score (nSPS) is 10.1. The molecule has 0 saturated heterocycles. The Morgan fingerprint density at radius 3 is 2.91 bits per heavy atom. The maximum Gasteiger partial charge on any atom is 0.214 e. The number of nitrogens with one attached hydrogen (secondary N) is 1. The molecule has 0 amide bonds. The van der Waals surface area contributed by atoms with Crippen molar-refractivity contribution >= 4 is 11.6 Å². The number of aromatic nitrogens is 1. The first-order valence-corrected chi connectivity index (χ1v) is 3.56. The third-order valence-electron chi connectivity index (χ3n) is 1.20. The van der Waals surface area contributed by atoms with E-state index in [9.17, 15) is 4.39 Å². The van der Waals surface area contributed by atoms with E-state index < -0.39 is 5.95 Å². The van der Waals surface area contributed by atoms with Gasteiger partial charge in [0.1, 0.15) is 5.15 Å². The van der Waals surface area contributed by atoms with E-state index in [0.29, 0.717) is 6.54 Å². The van der Waals surface area contributed by atoms with Gasteiger partial charge in [0.25, 0.3) is 0 Å². The summed E-state index contributed by atoms with van der Waals surface area (Å²) in [4.78, 5) is 3.39. The van der Waals surface area contributed by atoms with E-state index in [0.717, 1.165) is 5.56 Å². The molecule has 1 rings (SSSR count). The van der Waals surface area contributed by atoms with Gasteiger partial charge in [0.05, 0.1) is 0 Å². The molecule has 0 unspecified atom stereocenters. The lowest BCUT2D eigenvalue weighted by Crippen LogP contribution is -2.05. The molecule has 0 aromatic carbocycles. The molecule has 0 aliphatic carbocycles. The highest BCUT2D eigenvalue weighted by Crippen LogP contribution is 2.09. The van der Waals surface area contributed by atoms with Gasteiger partial charge in [0.2, 0.25) is 5.95 Å². The SMILES string of the molecule is CNCc1cc(F)nc(Cl)c1. The van der Waals surface area contributed by atoms with Gasteiger partial charge in [-0.05, 0) is 24.7 Å². The maximum absolute atomic E-state index is 12.5. The summed E-state index contributed by atoms with van der Waals surface area (Å²) in [7, 11) is 1.78. The lowest BCUT2D eigenvalue weighted by Gasteiger charge is -1.99. The second-order valence-electron chi connectivity index (χ2n) is 2.15. The minimum atomic E-state index is -0.539. The Hall–Kier alpha value is -0.670. The highest BCUT2D eigenvalue weighted by Gasteiger charge is 1.98. The Bertz CT molecular complexity index is 232. The average molecular weight is 175 g/mol. The summed E-state index contributed by atoms with van der Waals surface area (Å²) in [5.74, 6) is -0.539. The van der Waals surface area contributed by atoms with Crippen LogP contribution >= 0.6 is 11.6 Å². The molecule has 0 radical (unpaired) electrons. The van der Waals surface area contributed by atoms with Crippen LogP contribution in [0.25, 0.3) is 0 Å². The van der Waals surface area contributed by atoms with Crippen LogP contribution in [0.15, 0.2) is 12.1 Å². The molecule has 0 bridgehead atoms. The fourth-order valence-electron chi connectivity index (χ4n) is 0.820. The Balaban J connectivity index is 2.89. The largest absolute Gasteiger partial charge is 0.316 e. The van der Waals surface area contributed by atoms with Gasteiger partial charge < -0.3 is 5.32 Å². The number of nitrogens with zero attached hydrogens (tertiary/aromatic N) is 1. The predicted molar refractivity (Wildman–Crippen MR) is 42.0 cm³/mol. The Morgan fingerprint density at radius 1 is 1.64 bits per heavy atom. The molecular formula is C7H8ClFN2. The predicted octanol–water partition coefficient (Wildman–Crippen LogP) is 1.59. The van der Waals surface area contributed by atoms with Crippen molar-refractivity contribution in [3.63, 3.8) is 0 Å². The minimum absolute atomic E-state index is 0.190. The molecule has 0 spiro atoms. The fourth-order valence-corrected chi connectivity index (χ4v) is 1.04. The van der Waals surface area contributed by atoms with Crippen LogP contribution in [0, 0.1) is 5.95 Å². The van der Waals surface area contributed by atoms with Gasteiger partial charge in [0.15, 0.2) is 0 Å². The van der Waals surface area contributed by atoms with Crippen molar-refractivity contribution < 1.29 is 4.39 Å². The summed E-state index contributed by atoms with van der Waals surface area (Å²) >= 11 is 5.51. The van der Waals surface area contributed by atoms with Crippen molar-refractivity contribution in [1.82, 2.24) is 10.3 Å². The Kier molecular flexibility index (Phi) is 2.79. The molecule has 11 heavy (non-hydrogen) atoms. The standard InChI is InChI=1S/C7H8ClFN2/c1-10-4-5-2-6(8)11-7(9)3-5/h2-3,10H,4H2,1H3. The third kappa shape index (κ3) is 2.44. The number of rotatable bonds is 2. The molecule has 1 heterocycles. The summed E-state index contributed by atoms with van der Waals surface area (Å²) in [5.41, 5.74) is 0.796. The molecule has 60 valence electrons. The first kappa shape index (κ1) is 8.43. The molecule has 1 N–H and O–H groups in total. The van der Waals surface area contributed by atoms with E-state index in [2.05, 4.69) is 10.3 Å². The molecule has 0 atom stereocenters. The highest BCUT2D eigenvalue weighted by atomic mass is 35.5. The smallest absolute Gasteiger partial charge is 0.214 e. The van der Waals surface area contributed by atoms with Crippen LogP contribution < -0.4 is 5.32 Å². The molecule has 0 aliphatic rings. The summed E-state index contributed by atoms with van der Waals surface area (Å²) in [6.07, 6.45) is 0. The van der Waals surface area contributed by atoms with Crippen molar-refractivity contribution in [3.05, 3.63) is 28.8 Å². The number of pyridine rings is 1. The van der Waals surface area contributed by atoms with Gasteiger partial charge in [-0.25, -0.2) is 4.98 Å². The van der Waals surface area contributed by atoms with Crippen molar-refractivity contribution in [2.75, 3.05) is 7.05 Å². The molecule has 0 saturated carbocycles. The zero-order valence-electron chi connectivity index (χ0n) is 6.06. The Labute approximate surface area is 69.4 Å². The van der Waals surface area contributed by atoms with Gasteiger partial charge in [-0.1, -0.05) is 11.6 Å². The minimum Gasteiger partial charge on any atom is -0.316 e. The molecule has 1 aromatic heterocycles. The van der Waals surface area contributed by atoms with E-state index >= 15 is 0 Å². The molecular weight excluding hydrogens is 167 g/mol. The van der Waals surface area contributed by atoms with Gasteiger partial charge in [-0.3, -0.25) is 0 Å². The van der Waals surface area contributed by atoms with Crippen LogP contribution in [-0.4, -0.2) is 12.0 Å². The van der Waals surface area contributed by atoms with E-state index in [1.54, 1.807) is 13.1 Å². The van der Waals surface area contributed by atoms with Gasteiger partial charge in [-0.2, -0.15) is 4.39 Å². The molecule has 0 aliphatic heterocycles. The van der Waals surface area contributed by atoms with Crippen LogP contribution in [0.1, 0.15) is 5.56 Å². The molecule has 4 heteroatoms.